The van der Waals surface area contributed by atoms with Gasteiger partial charge in [-0.1, -0.05) is 12.1 Å². The topological polar surface area (TPSA) is 98.9 Å². The van der Waals surface area contributed by atoms with Crippen molar-refractivity contribution in [2.24, 2.45) is 0 Å². The lowest BCUT2D eigenvalue weighted by Gasteiger charge is -2.18. The van der Waals surface area contributed by atoms with E-state index in [4.69, 9.17) is 9.72 Å². The summed E-state index contributed by atoms with van der Waals surface area (Å²) in [5, 5.41) is 7.20. The number of rotatable bonds is 6. The number of hydrogen-bond donors (Lipinski definition) is 2. The van der Waals surface area contributed by atoms with Crippen LogP contribution in [0.4, 0.5) is 11.6 Å². The number of ether oxygens (including phenoxy) is 1. The molecule has 1 fully saturated rings. The van der Waals surface area contributed by atoms with E-state index in [1.807, 2.05) is 36.7 Å². The summed E-state index contributed by atoms with van der Waals surface area (Å²) in [6.07, 6.45) is 4.56. The van der Waals surface area contributed by atoms with Gasteiger partial charge in [-0.3, -0.25) is 4.79 Å². The maximum Gasteiger partial charge on any atom is 0.278 e. The van der Waals surface area contributed by atoms with Crippen LogP contribution >= 0.6 is 0 Å². The first-order valence-electron chi connectivity index (χ1n) is 11.8. The molecule has 1 aliphatic carbocycles. The van der Waals surface area contributed by atoms with Crippen molar-refractivity contribution >= 4 is 22.7 Å². The van der Waals surface area contributed by atoms with Gasteiger partial charge in [0.1, 0.15) is 5.39 Å². The average Bonchev–Trinajstić information content (AvgIpc) is 3.63. The fourth-order valence-electron chi connectivity index (χ4n) is 4.45. The Bertz CT molecular complexity index is 1440. The van der Waals surface area contributed by atoms with Crippen molar-refractivity contribution in [2.45, 2.75) is 51.8 Å². The van der Waals surface area contributed by atoms with Gasteiger partial charge < -0.3 is 15.4 Å². The van der Waals surface area contributed by atoms with Crippen LogP contribution in [-0.2, 0) is 13.0 Å². The summed E-state index contributed by atoms with van der Waals surface area (Å²) in [6, 6.07) is 12.1. The van der Waals surface area contributed by atoms with Crippen LogP contribution in [0.1, 0.15) is 43.9 Å². The summed E-state index contributed by atoms with van der Waals surface area (Å²) >= 11 is 0. The molecule has 0 saturated heterocycles. The van der Waals surface area contributed by atoms with Crippen molar-refractivity contribution in [2.75, 3.05) is 11.9 Å². The Morgan fingerprint density at radius 1 is 1.15 bits per heavy atom. The molecular weight excluding hydrogens is 430 g/mol. The highest BCUT2D eigenvalue weighted by atomic mass is 16.5. The van der Waals surface area contributed by atoms with Crippen LogP contribution in [0, 0.1) is 0 Å². The van der Waals surface area contributed by atoms with E-state index in [0.717, 1.165) is 38.0 Å². The second-order valence-corrected chi connectivity index (χ2v) is 9.16. The van der Waals surface area contributed by atoms with Gasteiger partial charge in [-0.2, -0.15) is 9.97 Å². The predicted molar refractivity (Wildman–Crippen MR) is 130 cm³/mol. The minimum absolute atomic E-state index is 0.000253. The summed E-state index contributed by atoms with van der Waals surface area (Å²) < 4.78 is 9.37. The smallest absolute Gasteiger partial charge is 0.278 e. The molecular formula is C25H27N7O2. The first kappa shape index (κ1) is 20.9. The minimum Gasteiger partial charge on any atom is -0.475 e. The molecule has 0 spiro atoms. The number of anilines is 2. The zero-order valence-electron chi connectivity index (χ0n) is 19.3. The molecule has 1 aromatic carbocycles. The summed E-state index contributed by atoms with van der Waals surface area (Å²) in [6.45, 7) is 5.78. The molecule has 0 amide bonds. The van der Waals surface area contributed by atoms with Crippen molar-refractivity contribution in [3.05, 3.63) is 64.1 Å². The molecule has 1 saturated carbocycles. The van der Waals surface area contributed by atoms with E-state index in [1.54, 1.807) is 10.9 Å². The van der Waals surface area contributed by atoms with E-state index in [0.29, 0.717) is 28.7 Å². The standard InChI is InChI=1S/C25H27N7O2/c1-15(2)34-22-5-3-4-21(29-22)32-23-20(24(33)31(32)19-8-9-19)14-27-25(30-23)28-18-7-6-16-10-11-26-13-17(16)12-18/h3-7,12,14-15,19,26H,8-11,13H2,1-2H3,(H,27,28,30). The number of benzene rings is 1. The number of aromatic nitrogens is 5. The monoisotopic (exact) mass is 457 g/mol. The van der Waals surface area contributed by atoms with Gasteiger partial charge in [0.25, 0.3) is 5.56 Å². The largest absolute Gasteiger partial charge is 0.475 e. The highest BCUT2D eigenvalue weighted by Gasteiger charge is 2.31. The van der Waals surface area contributed by atoms with Crippen molar-refractivity contribution in [3.8, 4) is 11.7 Å². The van der Waals surface area contributed by atoms with E-state index in [1.165, 1.54) is 11.1 Å². The Balaban J connectivity index is 1.44. The molecule has 4 aromatic rings. The lowest BCUT2D eigenvalue weighted by Crippen LogP contribution is -2.23. The lowest BCUT2D eigenvalue weighted by atomic mass is 10.0. The van der Waals surface area contributed by atoms with Crippen LogP contribution in [0.15, 0.2) is 47.4 Å². The van der Waals surface area contributed by atoms with Gasteiger partial charge in [0.15, 0.2) is 11.5 Å². The van der Waals surface area contributed by atoms with Crippen molar-refractivity contribution in [1.82, 2.24) is 29.6 Å². The van der Waals surface area contributed by atoms with Gasteiger partial charge >= 0.3 is 0 Å². The Kier molecular flexibility index (Phi) is 5.06. The first-order valence-corrected chi connectivity index (χ1v) is 11.8. The molecule has 0 unspecified atom stereocenters. The van der Waals surface area contributed by atoms with Crippen molar-refractivity contribution in [3.63, 3.8) is 0 Å². The predicted octanol–water partition coefficient (Wildman–Crippen LogP) is 3.49. The highest BCUT2D eigenvalue weighted by molar-refractivity contribution is 5.77. The Hall–Kier alpha value is -3.72. The molecule has 34 heavy (non-hydrogen) atoms. The molecule has 3 aromatic heterocycles. The van der Waals surface area contributed by atoms with Crippen LogP contribution in [0.2, 0.25) is 0 Å². The Labute approximate surface area is 196 Å². The van der Waals surface area contributed by atoms with Crippen molar-refractivity contribution in [1.29, 1.82) is 0 Å². The van der Waals surface area contributed by atoms with Crippen LogP contribution in [0.3, 0.4) is 0 Å². The van der Waals surface area contributed by atoms with Crippen LogP contribution in [0.5, 0.6) is 5.88 Å². The molecule has 0 atom stereocenters. The van der Waals surface area contributed by atoms with E-state index < -0.39 is 0 Å². The third-order valence-corrected chi connectivity index (χ3v) is 6.15. The number of fused-ring (bicyclic) bond motifs is 2. The number of nitrogens with zero attached hydrogens (tertiary/aromatic N) is 5. The SMILES string of the molecule is CC(C)Oc1cccc(-n2c3nc(Nc4ccc5c(c4)CNCC5)ncc3c(=O)n2C2CC2)n1. The normalized spacial score (nSPS) is 15.5. The quantitative estimate of drug-likeness (QED) is 0.457. The molecule has 6 rings (SSSR count). The number of pyridine rings is 1. The van der Waals surface area contributed by atoms with E-state index in [-0.39, 0.29) is 17.7 Å². The second-order valence-electron chi connectivity index (χ2n) is 9.16. The van der Waals surface area contributed by atoms with Gasteiger partial charge in [0.2, 0.25) is 11.8 Å². The van der Waals surface area contributed by atoms with Crippen LogP contribution in [-0.4, -0.2) is 37.0 Å². The minimum atomic E-state index is -0.0964. The van der Waals surface area contributed by atoms with E-state index in [9.17, 15) is 4.79 Å². The lowest BCUT2D eigenvalue weighted by molar-refractivity contribution is 0.232. The molecule has 2 N–H and O–H groups in total. The van der Waals surface area contributed by atoms with E-state index in [2.05, 4.69) is 38.8 Å². The highest BCUT2D eigenvalue weighted by Crippen LogP contribution is 2.35. The van der Waals surface area contributed by atoms with E-state index >= 15 is 0 Å². The summed E-state index contributed by atoms with van der Waals surface area (Å²) in [4.78, 5) is 27.2. The second kappa shape index (κ2) is 8.25. The maximum atomic E-state index is 13.3. The Morgan fingerprint density at radius 2 is 2.03 bits per heavy atom. The summed E-state index contributed by atoms with van der Waals surface area (Å²) in [7, 11) is 0. The fourth-order valence-corrected chi connectivity index (χ4v) is 4.45. The summed E-state index contributed by atoms with van der Waals surface area (Å²) in [5.74, 6) is 1.55. The third-order valence-electron chi connectivity index (χ3n) is 6.15. The maximum absolute atomic E-state index is 13.3. The zero-order chi connectivity index (χ0) is 23.2. The number of hydrogen-bond acceptors (Lipinski definition) is 7. The molecule has 1 aliphatic heterocycles. The van der Waals surface area contributed by atoms with Gasteiger partial charge in [-0.15, -0.1) is 0 Å². The molecule has 174 valence electrons. The molecule has 2 aliphatic rings. The fraction of sp³-hybridized carbons (Fsp3) is 0.360. The molecule has 0 bridgehead atoms. The van der Waals surface area contributed by atoms with Gasteiger partial charge in [-0.25, -0.2) is 14.3 Å². The molecule has 4 heterocycles. The van der Waals surface area contributed by atoms with Gasteiger partial charge in [0.05, 0.1) is 12.1 Å². The van der Waals surface area contributed by atoms with Crippen LogP contribution < -0.4 is 20.9 Å². The zero-order valence-corrected chi connectivity index (χ0v) is 19.3. The molecule has 0 radical (unpaired) electrons. The first-order chi connectivity index (χ1) is 16.6. The van der Waals surface area contributed by atoms with Gasteiger partial charge in [-0.05, 0) is 69.0 Å². The Morgan fingerprint density at radius 3 is 2.85 bits per heavy atom. The van der Waals surface area contributed by atoms with Crippen LogP contribution in [0.25, 0.3) is 16.9 Å². The summed E-state index contributed by atoms with van der Waals surface area (Å²) in [5.41, 5.74) is 4.00. The number of nitrogens with one attached hydrogen (secondary N) is 2. The van der Waals surface area contributed by atoms with Crippen molar-refractivity contribution < 1.29 is 4.74 Å². The third kappa shape index (κ3) is 3.81. The average molecular weight is 458 g/mol. The molecule has 9 heteroatoms. The van der Waals surface area contributed by atoms with Gasteiger partial charge in [0, 0.05) is 24.5 Å². The molecule has 9 nitrogen and oxygen atoms in total.